The predicted octanol–water partition coefficient (Wildman–Crippen LogP) is 0.840. The maximum absolute atomic E-state index is 10.6. The summed E-state index contributed by atoms with van der Waals surface area (Å²) in [6, 6.07) is 0. The Hall–Kier alpha value is 0.850. The summed E-state index contributed by atoms with van der Waals surface area (Å²) in [5, 5.41) is 2.74. The second kappa shape index (κ2) is 4.19. The second-order valence-electron chi connectivity index (χ2n) is 2.49. The number of ether oxygens (including phenoxy) is 1. The number of carbonyl (C=O) groups excluding carboxylic acids is 1. The number of hydrogen-bond donors (Lipinski definition) is 2. The van der Waals surface area contributed by atoms with E-state index in [0.29, 0.717) is 19.8 Å². The standard InChI is InChI=1S/C5H8I2N2O2/c6-4(10)8-1-5(9-7)2-11-3-5/h9H,1-3H2,(H,8,10). The molecule has 1 saturated heterocycles. The van der Waals surface area contributed by atoms with Crippen molar-refractivity contribution < 1.29 is 9.53 Å². The molecule has 0 aromatic carbocycles. The summed E-state index contributed by atoms with van der Waals surface area (Å²) in [5.41, 5.74) is -0.0264. The van der Waals surface area contributed by atoms with E-state index in [4.69, 9.17) is 4.74 Å². The van der Waals surface area contributed by atoms with Crippen LogP contribution in [0.1, 0.15) is 0 Å². The summed E-state index contributed by atoms with van der Waals surface area (Å²) in [5.74, 6) is 0. The normalized spacial score (nSPS) is 20.5. The van der Waals surface area contributed by atoms with E-state index in [0.717, 1.165) is 0 Å². The van der Waals surface area contributed by atoms with E-state index in [1.807, 2.05) is 0 Å². The minimum Gasteiger partial charge on any atom is -0.377 e. The fraction of sp³-hybridized carbons (Fsp3) is 0.800. The summed E-state index contributed by atoms with van der Waals surface area (Å²) in [6.45, 7) is 1.98. The van der Waals surface area contributed by atoms with Gasteiger partial charge in [0, 0.05) is 52.0 Å². The van der Waals surface area contributed by atoms with Crippen LogP contribution in [0.25, 0.3) is 0 Å². The number of amides is 1. The molecule has 1 heterocycles. The van der Waals surface area contributed by atoms with Gasteiger partial charge in [0.2, 0.25) is 0 Å². The van der Waals surface area contributed by atoms with Gasteiger partial charge in [0.25, 0.3) is 3.91 Å². The molecule has 0 radical (unpaired) electrons. The molecule has 1 rings (SSSR count). The number of nitrogens with one attached hydrogen (secondary N) is 2. The zero-order valence-corrected chi connectivity index (χ0v) is 10.0. The average molecular weight is 382 g/mol. The van der Waals surface area contributed by atoms with Crippen LogP contribution in [0, 0.1) is 0 Å². The lowest BCUT2D eigenvalue weighted by molar-refractivity contribution is -0.0557. The van der Waals surface area contributed by atoms with Crippen LogP contribution in [0.3, 0.4) is 0 Å². The Morgan fingerprint density at radius 3 is 2.55 bits per heavy atom. The Morgan fingerprint density at radius 2 is 2.27 bits per heavy atom. The minimum absolute atomic E-state index is 0.0264. The molecule has 0 aromatic rings. The first kappa shape index (κ1) is 9.93. The number of halogens is 2. The van der Waals surface area contributed by atoms with Crippen LogP contribution >= 0.6 is 45.5 Å². The maximum atomic E-state index is 10.6. The molecule has 6 heteroatoms. The highest BCUT2D eigenvalue weighted by Crippen LogP contribution is 2.17. The van der Waals surface area contributed by atoms with Crippen molar-refractivity contribution >= 4 is 49.4 Å². The molecule has 11 heavy (non-hydrogen) atoms. The van der Waals surface area contributed by atoms with Crippen LogP contribution in [-0.2, 0) is 4.74 Å². The third-order valence-electron chi connectivity index (χ3n) is 1.52. The fourth-order valence-electron chi connectivity index (χ4n) is 0.777. The van der Waals surface area contributed by atoms with Gasteiger partial charge < -0.3 is 10.1 Å². The molecule has 0 atom stereocenters. The van der Waals surface area contributed by atoms with Crippen LogP contribution in [-0.4, -0.2) is 29.2 Å². The van der Waals surface area contributed by atoms with Gasteiger partial charge in [-0.15, -0.1) is 0 Å². The van der Waals surface area contributed by atoms with E-state index in [2.05, 4.69) is 31.7 Å². The van der Waals surface area contributed by atoms with Crippen molar-refractivity contribution in [2.24, 2.45) is 0 Å². The summed E-state index contributed by atoms with van der Waals surface area (Å²) >= 11 is 3.80. The molecule has 0 spiro atoms. The molecule has 1 amide bonds. The largest absolute Gasteiger partial charge is 0.377 e. The van der Waals surface area contributed by atoms with E-state index in [1.54, 1.807) is 22.6 Å². The van der Waals surface area contributed by atoms with E-state index in [-0.39, 0.29) is 9.45 Å². The molecule has 64 valence electrons. The van der Waals surface area contributed by atoms with Gasteiger partial charge in [0.15, 0.2) is 0 Å². The van der Waals surface area contributed by atoms with E-state index < -0.39 is 0 Å². The zero-order valence-electron chi connectivity index (χ0n) is 5.69. The van der Waals surface area contributed by atoms with Crippen LogP contribution in [0.2, 0.25) is 0 Å². The van der Waals surface area contributed by atoms with Gasteiger partial charge in [0.05, 0.1) is 18.8 Å². The molecule has 0 bridgehead atoms. The van der Waals surface area contributed by atoms with Crippen LogP contribution in [0.5, 0.6) is 0 Å². The highest BCUT2D eigenvalue weighted by molar-refractivity contribution is 14.1. The van der Waals surface area contributed by atoms with Gasteiger partial charge in [0.1, 0.15) is 0 Å². The van der Waals surface area contributed by atoms with Crippen molar-refractivity contribution in [3.05, 3.63) is 0 Å². The summed E-state index contributed by atoms with van der Waals surface area (Å²) in [7, 11) is 0. The molecule has 0 aliphatic carbocycles. The molecular formula is C5H8I2N2O2. The highest BCUT2D eigenvalue weighted by atomic mass is 127. The second-order valence-corrected chi connectivity index (χ2v) is 4.01. The first-order valence-corrected chi connectivity index (χ1v) is 5.23. The van der Waals surface area contributed by atoms with Gasteiger partial charge in [-0.1, -0.05) is 0 Å². The lowest BCUT2D eigenvalue weighted by Gasteiger charge is -2.40. The highest BCUT2D eigenvalue weighted by Gasteiger charge is 2.37. The molecule has 0 saturated carbocycles. The average Bonchev–Trinajstić information content (AvgIpc) is 1.86. The molecule has 1 fully saturated rings. The quantitative estimate of drug-likeness (QED) is 0.329. The SMILES string of the molecule is O=C(I)NCC1(NI)COC1. The molecular weight excluding hydrogens is 374 g/mol. The van der Waals surface area contributed by atoms with Crippen molar-refractivity contribution in [1.29, 1.82) is 0 Å². The smallest absolute Gasteiger partial charge is 0.280 e. The third kappa shape index (κ3) is 2.67. The summed E-state index contributed by atoms with van der Waals surface area (Å²) < 4.78 is 8.11. The van der Waals surface area contributed by atoms with Crippen molar-refractivity contribution in [2.45, 2.75) is 5.54 Å². The van der Waals surface area contributed by atoms with Gasteiger partial charge in [-0.05, 0) is 0 Å². The zero-order chi connectivity index (χ0) is 8.32. The van der Waals surface area contributed by atoms with Crippen molar-refractivity contribution in [3.63, 3.8) is 0 Å². The third-order valence-corrected chi connectivity index (χ3v) is 3.05. The first-order chi connectivity index (χ1) is 5.18. The van der Waals surface area contributed by atoms with E-state index in [9.17, 15) is 4.79 Å². The molecule has 4 nitrogen and oxygen atoms in total. The number of hydrogen-bond acceptors (Lipinski definition) is 3. The fourth-order valence-corrected chi connectivity index (χ4v) is 1.47. The number of rotatable bonds is 3. The van der Waals surface area contributed by atoms with Crippen molar-refractivity contribution in [1.82, 2.24) is 8.85 Å². The lowest BCUT2D eigenvalue weighted by atomic mass is 10.00. The van der Waals surface area contributed by atoms with Crippen molar-refractivity contribution in [3.8, 4) is 0 Å². The lowest BCUT2D eigenvalue weighted by Crippen LogP contribution is -2.62. The predicted molar refractivity (Wildman–Crippen MR) is 58.1 cm³/mol. The molecule has 1 aliphatic rings. The van der Waals surface area contributed by atoms with Crippen LogP contribution in [0.15, 0.2) is 0 Å². The van der Waals surface area contributed by atoms with Gasteiger partial charge in [-0.3, -0.25) is 4.79 Å². The topological polar surface area (TPSA) is 50.4 Å². The first-order valence-electron chi connectivity index (χ1n) is 3.07. The Kier molecular flexibility index (Phi) is 3.78. The Balaban J connectivity index is 2.27. The Labute approximate surface area is 92.4 Å². The van der Waals surface area contributed by atoms with E-state index >= 15 is 0 Å². The minimum atomic E-state index is -0.0273. The maximum Gasteiger partial charge on any atom is 0.280 e. The van der Waals surface area contributed by atoms with Crippen molar-refractivity contribution in [2.75, 3.05) is 19.8 Å². The number of carbonyl (C=O) groups is 1. The molecule has 0 unspecified atom stereocenters. The van der Waals surface area contributed by atoms with Crippen LogP contribution in [0.4, 0.5) is 4.79 Å². The van der Waals surface area contributed by atoms with E-state index in [1.165, 1.54) is 0 Å². The van der Waals surface area contributed by atoms with Gasteiger partial charge in [-0.2, -0.15) is 0 Å². The summed E-state index contributed by atoms with van der Waals surface area (Å²) in [6.07, 6.45) is 0. The Bertz CT molecular complexity index is 155. The van der Waals surface area contributed by atoms with Gasteiger partial charge in [-0.25, -0.2) is 3.53 Å². The molecule has 1 aliphatic heterocycles. The summed E-state index contributed by atoms with van der Waals surface area (Å²) in [4.78, 5) is 10.6. The van der Waals surface area contributed by atoms with Crippen LogP contribution < -0.4 is 8.85 Å². The monoisotopic (exact) mass is 382 g/mol. The Morgan fingerprint density at radius 1 is 1.64 bits per heavy atom. The molecule has 2 N–H and O–H groups in total. The molecule has 0 aromatic heterocycles. The van der Waals surface area contributed by atoms with Gasteiger partial charge >= 0.3 is 0 Å².